The molecule has 22 heavy (non-hydrogen) atoms. The van der Waals surface area contributed by atoms with Gasteiger partial charge in [-0.15, -0.1) is 0 Å². The number of hydrogen-bond acceptors (Lipinski definition) is 4. The summed E-state index contributed by atoms with van der Waals surface area (Å²) < 4.78 is 57.4. The fourth-order valence-electron chi connectivity index (χ4n) is 2.01. The molecule has 1 aromatic heterocycles. The summed E-state index contributed by atoms with van der Waals surface area (Å²) in [4.78, 5) is 3.21. The van der Waals surface area contributed by atoms with E-state index in [2.05, 4.69) is 4.98 Å². The molecule has 1 heterocycles. The lowest BCUT2D eigenvalue weighted by Gasteiger charge is -2.08. The zero-order valence-corrected chi connectivity index (χ0v) is 12.1. The first-order chi connectivity index (χ1) is 10.4. The second-order valence-corrected chi connectivity index (χ2v) is 6.13. The van der Waals surface area contributed by atoms with Gasteiger partial charge in [0.1, 0.15) is 22.3 Å². The first-order valence-corrected chi connectivity index (χ1v) is 7.58. The van der Waals surface area contributed by atoms with Crippen LogP contribution >= 0.6 is 0 Å². The number of imidazole rings is 1. The molecule has 0 aliphatic rings. The highest BCUT2D eigenvalue weighted by molar-refractivity contribution is 7.87. The van der Waals surface area contributed by atoms with Gasteiger partial charge in [0.2, 0.25) is 0 Å². The van der Waals surface area contributed by atoms with Gasteiger partial charge >= 0.3 is 10.1 Å². The number of halogens is 2. The van der Waals surface area contributed by atoms with Crippen LogP contribution in [0.25, 0.3) is 11.0 Å². The Bertz CT molecular complexity index is 967. The van der Waals surface area contributed by atoms with E-state index in [4.69, 9.17) is 4.18 Å². The van der Waals surface area contributed by atoms with Crippen molar-refractivity contribution in [2.45, 2.75) is 4.90 Å². The second-order valence-electron chi connectivity index (χ2n) is 4.62. The van der Waals surface area contributed by atoms with Crippen molar-refractivity contribution in [2.75, 3.05) is 0 Å². The summed E-state index contributed by atoms with van der Waals surface area (Å²) in [5.41, 5.74) is 1.30. The van der Waals surface area contributed by atoms with E-state index in [9.17, 15) is 17.2 Å². The molecular formula is C14H10F2N2O3S. The maximum absolute atomic E-state index is 13.6. The van der Waals surface area contributed by atoms with Gasteiger partial charge in [-0.25, -0.2) is 13.8 Å². The summed E-state index contributed by atoms with van der Waals surface area (Å²) >= 11 is 0. The van der Waals surface area contributed by atoms with Crippen LogP contribution in [-0.4, -0.2) is 18.0 Å². The molecule has 0 N–H and O–H groups in total. The van der Waals surface area contributed by atoms with Gasteiger partial charge in [0.25, 0.3) is 0 Å². The standard InChI is InChI=1S/C14H10F2N2O3S/c1-18-8-17-12-7-10(3-5-13(12)18)21-22(19,20)14-6-9(15)2-4-11(14)16/h2-8H,1H3. The molecule has 5 nitrogen and oxygen atoms in total. The highest BCUT2D eigenvalue weighted by Crippen LogP contribution is 2.24. The Balaban J connectivity index is 2.00. The number of benzene rings is 2. The molecule has 0 unspecified atom stereocenters. The lowest BCUT2D eigenvalue weighted by molar-refractivity contribution is 0.474. The Kier molecular flexibility index (Phi) is 3.32. The number of hydrogen-bond donors (Lipinski definition) is 0. The maximum Gasteiger partial charge on any atom is 0.342 e. The van der Waals surface area contributed by atoms with Gasteiger partial charge in [-0.3, -0.25) is 0 Å². The molecule has 8 heteroatoms. The average Bonchev–Trinajstić information content (AvgIpc) is 2.82. The van der Waals surface area contributed by atoms with Crippen LogP contribution in [0.2, 0.25) is 0 Å². The van der Waals surface area contributed by atoms with Gasteiger partial charge in [-0.05, 0) is 30.3 Å². The third-order valence-corrected chi connectivity index (χ3v) is 4.33. The summed E-state index contributed by atoms with van der Waals surface area (Å²) in [7, 11) is -2.69. The molecule has 0 atom stereocenters. The van der Waals surface area contributed by atoms with E-state index < -0.39 is 26.6 Å². The van der Waals surface area contributed by atoms with Crippen LogP contribution in [0.1, 0.15) is 0 Å². The number of fused-ring (bicyclic) bond motifs is 1. The van der Waals surface area contributed by atoms with Gasteiger partial charge in [-0.1, -0.05) is 0 Å². The molecule has 0 saturated carbocycles. The van der Waals surface area contributed by atoms with Crippen molar-refractivity contribution in [2.24, 2.45) is 7.05 Å². The third-order valence-electron chi connectivity index (χ3n) is 3.07. The van der Waals surface area contributed by atoms with E-state index >= 15 is 0 Å². The van der Waals surface area contributed by atoms with E-state index in [1.54, 1.807) is 24.0 Å². The molecular weight excluding hydrogens is 314 g/mol. The lowest BCUT2D eigenvalue weighted by Crippen LogP contribution is -2.12. The quantitative estimate of drug-likeness (QED) is 0.695. The molecule has 0 spiro atoms. The van der Waals surface area contributed by atoms with Crippen LogP contribution in [0.15, 0.2) is 47.6 Å². The lowest BCUT2D eigenvalue weighted by atomic mass is 10.3. The van der Waals surface area contributed by atoms with E-state index in [0.717, 1.165) is 17.6 Å². The molecule has 0 aliphatic carbocycles. The van der Waals surface area contributed by atoms with E-state index in [1.165, 1.54) is 12.1 Å². The third kappa shape index (κ3) is 2.52. The van der Waals surface area contributed by atoms with Crippen LogP contribution in [0.4, 0.5) is 8.78 Å². The van der Waals surface area contributed by atoms with Gasteiger partial charge < -0.3 is 8.75 Å². The van der Waals surface area contributed by atoms with Gasteiger partial charge in [0.05, 0.1) is 17.4 Å². The minimum absolute atomic E-state index is 0.0325. The maximum atomic E-state index is 13.6. The van der Waals surface area contributed by atoms with Crippen molar-refractivity contribution < 1.29 is 21.4 Å². The molecule has 3 aromatic rings. The molecule has 3 rings (SSSR count). The van der Waals surface area contributed by atoms with Gasteiger partial charge in [0, 0.05) is 13.1 Å². The SMILES string of the molecule is Cn1cnc2cc(OS(=O)(=O)c3cc(F)ccc3F)ccc21. The number of nitrogens with zero attached hydrogens (tertiary/aromatic N) is 2. The van der Waals surface area contributed by atoms with E-state index in [1.807, 2.05) is 0 Å². The molecule has 114 valence electrons. The largest absolute Gasteiger partial charge is 0.379 e. The summed E-state index contributed by atoms with van der Waals surface area (Å²) in [6.07, 6.45) is 1.56. The van der Waals surface area contributed by atoms with Gasteiger partial charge in [-0.2, -0.15) is 8.42 Å². The van der Waals surface area contributed by atoms with Gasteiger partial charge in [0.15, 0.2) is 0 Å². The average molecular weight is 324 g/mol. The molecule has 0 bridgehead atoms. The molecule has 0 radical (unpaired) electrons. The number of aromatic nitrogens is 2. The molecule has 0 amide bonds. The van der Waals surface area contributed by atoms with Crippen LogP contribution in [0.3, 0.4) is 0 Å². The smallest absolute Gasteiger partial charge is 0.342 e. The van der Waals surface area contributed by atoms with Crippen molar-refractivity contribution in [3.63, 3.8) is 0 Å². The zero-order chi connectivity index (χ0) is 15.9. The zero-order valence-electron chi connectivity index (χ0n) is 11.3. The summed E-state index contributed by atoms with van der Waals surface area (Å²) in [6, 6.07) is 6.57. The number of rotatable bonds is 3. The molecule has 2 aromatic carbocycles. The Hall–Kier alpha value is -2.48. The molecule has 0 fully saturated rings. The van der Waals surface area contributed by atoms with Crippen molar-refractivity contribution in [1.29, 1.82) is 0 Å². The van der Waals surface area contributed by atoms with E-state index in [-0.39, 0.29) is 5.75 Å². The summed E-state index contributed by atoms with van der Waals surface area (Å²) in [5, 5.41) is 0. The molecule has 0 aliphatic heterocycles. The topological polar surface area (TPSA) is 61.2 Å². The van der Waals surface area contributed by atoms with Crippen LogP contribution in [0, 0.1) is 11.6 Å². The first kappa shape index (κ1) is 14.5. The highest BCUT2D eigenvalue weighted by atomic mass is 32.2. The first-order valence-electron chi connectivity index (χ1n) is 6.17. The van der Waals surface area contributed by atoms with Crippen LogP contribution in [-0.2, 0) is 17.2 Å². The minimum Gasteiger partial charge on any atom is -0.379 e. The predicted octanol–water partition coefficient (Wildman–Crippen LogP) is 2.62. The second kappa shape index (κ2) is 5.06. The Morgan fingerprint density at radius 3 is 2.68 bits per heavy atom. The van der Waals surface area contributed by atoms with Crippen molar-refractivity contribution in [1.82, 2.24) is 9.55 Å². The summed E-state index contributed by atoms with van der Waals surface area (Å²) in [6.45, 7) is 0. The monoisotopic (exact) mass is 324 g/mol. The summed E-state index contributed by atoms with van der Waals surface area (Å²) in [5.74, 6) is -1.99. The number of aryl methyl sites for hydroxylation is 1. The van der Waals surface area contributed by atoms with Crippen LogP contribution in [0.5, 0.6) is 5.75 Å². The Labute approximate surface area is 124 Å². The fraction of sp³-hybridized carbons (Fsp3) is 0.0714. The predicted molar refractivity (Wildman–Crippen MR) is 74.9 cm³/mol. The molecule has 0 saturated heterocycles. The Morgan fingerprint density at radius 1 is 1.14 bits per heavy atom. The van der Waals surface area contributed by atoms with Crippen LogP contribution < -0.4 is 4.18 Å². The van der Waals surface area contributed by atoms with Crippen molar-refractivity contribution >= 4 is 21.2 Å². The minimum atomic E-state index is -4.48. The fourth-order valence-corrected chi connectivity index (χ4v) is 3.02. The normalized spacial score (nSPS) is 11.8. The van der Waals surface area contributed by atoms with Crippen molar-refractivity contribution in [3.8, 4) is 5.75 Å². The Morgan fingerprint density at radius 2 is 1.91 bits per heavy atom. The van der Waals surface area contributed by atoms with E-state index in [0.29, 0.717) is 11.6 Å². The van der Waals surface area contributed by atoms with Crippen molar-refractivity contribution in [3.05, 3.63) is 54.4 Å². The highest BCUT2D eigenvalue weighted by Gasteiger charge is 2.22.